The Morgan fingerprint density at radius 3 is 2.38 bits per heavy atom. The Kier molecular flexibility index (Phi) is 5.85. The lowest BCUT2D eigenvalue weighted by Crippen LogP contribution is -2.42. The molecule has 0 aromatic heterocycles. The van der Waals surface area contributed by atoms with Crippen molar-refractivity contribution in [2.45, 2.75) is 46.1 Å². The normalized spacial score (nSPS) is 24.2. The number of fused-ring (bicyclic) bond motifs is 2. The molecule has 2 aromatic carbocycles. The first-order valence-corrected chi connectivity index (χ1v) is 11.2. The molecule has 0 radical (unpaired) electrons. The van der Waals surface area contributed by atoms with E-state index in [4.69, 9.17) is 4.74 Å². The van der Waals surface area contributed by atoms with Crippen LogP contribution in [0.25, 0.3) is 6.08 Å². The molecule has 1 heterocycles. The molecule has 0 spiro atoms. The highest BCUT2D eigenvalue weighted by Crippen LogP contribution is 2.52. The standard InChI is InChI=1S/C27H32N2O3/c1-26(2)15-21-16-27(3,17-26)18-29(21)25(31)23(14-19-10-12-22(32-4)13-11-19)28-24(30)20-8-6-5-7-9-20/h5-14,21H,15-18H2,1-4H3,(H,28,30). The summed E-state index contributed by atoms with van der Waals surface area (Å²) in [6, 6.07) is 16.6. The zero-order valence-corrected chi connectivity index (χ0v) is 19.4. The number of benzene rings is 2. The summed E-state index contributed by atoms with van der Waals surface area (Å²) in [5.74, 6) is 0.343. The summed E-state index contributed by atoms with van der Waals surface area (Å²) >= 11 is 0. The molecule has 1 N–H and O–H groups in total. The number of hydrogen-bond donors (Lipinski definition) is 1. The van der Waals surface area contributed by atoms with Crippen molar-refractivity contribution in [1.29, 1.82) is 0 Å². The molecule has 2 fully saturated rings. The van der Waals surface area contributed by atoms with E-state index in [2.05, 4.69) is 26.1 Å². The van der Waals surface area contributed by atoms with Gasteiger partial charge in [0, 0.05) is 18.2 Å². The molecule has 2 unspecified atom stereocenters. The van der Waals surface area contributed by atoms with Gasteiger partial charge in [-0.05, 0) is 66.0 Å². The molecule has 2 atom stereocenters. The van der Waals surface area contributed by atoms with Crippen LogP contribution in [-0.4, -0.2) is 36.4 Å². The fraction of sp³-hybridized carbons (Fsp3) is 0.407. The van der Waals surface area contributed by atoms with Crippen LogP contribution in [0.5, 0.6) is 5.75 Å². The van der Waals surface area contributed by atoms with E-state index in [0.717, 1.165) is 37.1 Å². The van der Waals surface area contributed by atoms with Crippen LogP contribution in [0, 0.1) is 10.8 Å². The Hall–Kier alpha value is -3.08. The molecular formula is C27H32N2O3. The lowest BCUT2D eigenvalue weighted by atomic mass is 9.65. The number of methoxy groups -OCH3 is 1. The number of carbonyl (C=O) groups excluding carboxylic acids is 2. The largest absolute Gasteiger partial charge is 0.497 e. The van der Waals surface area contributed by atoms with Crippen LogP contribution < -0.4 is 10.1 Å². The van der Waals surface area contributed by atoms with Gasteiger partial charge in [-0.1, -0.05) is 51.1 Å². The van der Waals surface area contributed by atoms with Gasteiger partial charge in [-0.25, -0.2) is 0 Å². The highest BCUT2D eigenvalue weighted by atomic mass is 16.5. The predicted octanol–water partition coefficient (Wildman–Crippen LogP) is 4.89. The van der Waals surface area contributed by atoms with E-state index in [-0.39, 0.29) is 28.7 Å². The van der Waals surface area contributed by atoms with Gasteiger partial charge in [-0.3, -0.25) is 9.59 Å². The monoisotopic (exact) mass is 432 g/mol. The van der Waals surface area contributed by atoms with Gasteiger partial charge in [-0.2, -0.15) is 0 Å². The molecule has 1 aliphatic heterocycles. The van der Waals surface area contributed by atoms with Gasteiger partial charge in [0.1, 0.15) is 11.4 Å². The number of ether oxygens (including phenoxy) is 1. The second kappa shape index (κ2) is 8.45. The summed E-state index contributed by atoms with van der Waals surface area (Å²) in [4.78, 5) is 28.7. The minimum Gasteiger partial charge on any atom is -0.497 e. The topological polar surface area (TPSA) is 58.6 Å². The number of carbonyl (C=O) groups is 2. The smallest absolute Gasteiger partial charge is 0.270 e. The third-order valence-corrected chi connectivity index (χ3v) is 6.62. The van der Waals surface area contributed by atoms with E-state index in [0.29, 0.717) is 11.3 Å². The maximum atomic E-state index is 13.8. The van der Waals surface area contributed by atoms with Gasteiger partial charge in [0.05, 0.1) is 7.11 Å². The number of likely N-dealkylation sites (tertiary alicyclic amines) is 1. The van der Waals surface area contributed by atoms with E-state index in [1.807, 2.05) is 47.4 Å². The minimum atomic E-state index is -0.285. The second-order valence-electron chi connectivity index (χ2n) is 10.3. The molecule has 5 heteroatoms. The van der Waals surface area contributed by atoms with Crippen molar-refractivity contribution in [3.63, 3.8) is 0 Å². The summed E-state index contributed by atoms with van der Waals surface area (Å²) in [6.45, 7) is 7.58. The quantitative estimate of drug-likeness (QED) is 0.684. The van der Waals surface area contributed by atoms with Crippen molar-refractivity contribution in [2.24, 2.45) is 10.8 Å². The minimum absolute atomic E-state index is 0.114. The molecule has 2 aliphatic rings. The first-order chi connectivity index (χ1) is 15.2. The fourth-order valence-electron chi connectivity index (χ4n) is 5.65. The maximum absolute atomic E-state index is 13.8. The van der Waals surface area contributed by atoms with E-state index >= 15 is 0 Å². The molecule has 1 aliphatic carbocycles. The van der Waals surface area contributed by atoms with Crippen molar-refractivity contribution >= 4 is 17.9 Å². The van der Waals surface area contributed by atoms with Crippen molar-refractivity contribution in [3.05, 3.63) is 71.4 Å². The molecule has 1 saturated heterocycles. The highest BCUT2D eigenvalue weighted by Gasteiger charge is 2.51. The summed E-state index contributed by atoms with van der Waals surface area (Å²) in [7, 11) is 1.62. The maximum Gasteiger partial charge on any atom is 0.270 e. The average molecular weight is 433 g/mol. The third-order valence-electron chi connectivity index (χ3n) is 6.62. The molecule has 2 amide bonds. The Morgan fingerprint density at radius 1 is 1.03 bits per heavy atom. The van der Waals surface area contributed by atoms with Crippen LogP contribution in [0.3, 0.4) is 0 Å². The van der Waals surface area contributed by atoms with Gasteiger partial charge >= 0.3 is 0 Å². The van der Waals surface area contributed by atoms with Crippen LogP contribution in [0.2, 0.25) is 0 Å². The van der Waals surface area contributed by atoms with Crippen molar-refractivity contribution in [3.8, 4) is 5.75 Å². The third kappa shape index (κ3) is 4.72. The van der Waals surface area contributed by atoms with Crippen LogP contribution in [0.4, 0.5) is 0 Å². The van der Waals surface area contributed by atoms with Crippen LogP contribution >= 0.6 is 0 Å². The molecule has 1 saturated carbocycles. The highest BCUT2D eigenvalue weighted by molar-refractivity contribution is 6.05. The zero-order valence-electron chi connectivity index (χ0n) is 19.4. The Bertz CT molecular complexity index is 1030. The number of nitrogens with zero attached hydrogens (tertiary/aromatic N) is 1. The van der Waals surface area contributed by atoms with Gasteiger partial charge in [0.15, 0.2) is 0 Å². The Balaban J connectivity index is 1.64. The van der Waals surface area contributed by atoms with Gasteiger partial charge in [-0.15, -0.1) is 0 Å². The lowest BCUT2D eigenvalue weighted by Gasteiger charge is -2.39. The average Bonchev–Trinajstić information content (AvgIpc) is 3.02. The predicted molar refractivity (Wildman–Crippen MR) is 126 cm³/mol. The summed E-state index contributed by atoms with van der Waals surface area (Å²) in [5.41, 5.74) is 1.99. The Morgan fingerprint density at radius 2 is 1.72 bits per heavy atom. The van der Waals surface area contributed by atoms with Crippen LogP contribution in [-0.2, 0) is 4.79 Å². The van der Waals surface area contributed by atoms with Crippen LogP contribution in [0.1, 0.15) is 56.0 Å². The van der Waals surface area contributed by atoms with Crippen molar-refractivity contribution < 1.29 is 14.3 Å². The van der Waals surface area contributed by atoms with Gasteiger partial charge < -0.3 is 15.0 Å². The first-order valence-electron chi connectivity index (χ1n) is 11.2. The summed E-state index contributed by atoms with van der Waals surface area (Å²) in [6.07, 6.45) is 4.87. The first kappa shape index (κ1) is 22.1. The van der Waals surface area contributed by atoms with Crippen molar-refractivity contribution in [2.75, 3.05) is 13.7 Å². The number of rotatable bonds is 5. The molecule has 2 bridgehead atoms. The fourth-order valence-corrected chi connectivity index (χ4v) is 5.65. The van der Waals surface area contributed by atoms with Gasteiger partial charge in [0.25, 0.3) is 11.8 Å². The lowest BCUT2D eigenvalue weighted by molar-refractivity contribution is -0.128. The molecule has 5 nitrogen and oxygen atoms in total. The van der Waals surface area contributed by atoms with E-state index in [1.54, 1.807) is 25.3 Å². The van der Waals surface area contributed by atoms with E-state index < -0.39 is 0 Å². The van der Waals surface area contributed by atoms with Gasteiger partial charge in [0.2, 0.25) is 0 Å². The molecular weight excluding hydrogens is 400 g/mol. The number of hydrogen-bond acceptors (Lipinski definition) is 3. The molecule has 32 heavy (non-hydrogen) atoms. The van der Waals surface area contributed by atoms with Crippen LogP contribution in [0.15, 0.2) is 60.3 Å². The summed E-state index contributed by atoms with van der Waals surface area (Å²) < 4.78 is 5.24. The number of nitrogens with one attached hydrogen (secondary N) is 1. The Labute approximate surface area is 190 Å². The summed E-state index contributed by atoms with van der Waals surface area (Å²) in [5, 5.41) is 2.90. The zero-order chi connectivity index (χ0) is 22.9. The SMILES string of the molecule is COc1ccc(C=C(NC(=O)c2ccccc2)C(=O)N2CC3(C)CC2CC(C)(C)C3)cc1. The second-order valence-corrected chi connectivity index (χ2v) is 10.3. The van der Waals surface area contributed by atoms with E-state index in [1.165, 1.54) is 0 Å². The number of amides is 2. The molecule has 4 rings (SSSR count). The molecule has 168 valence electrons. The van der Waals surface area contributed by atoms with E-state index in [9.17, 15) is 9.59 Å². The molecule has 2 aromatic rings. The van der Waals surface area contributed by atoms with Crippen molar-refractivity contribution in [1.82, 2.24) is 10.2 Å².